The molecular weight excluding hydrogens is 356 g/mol. The maximum Gasteiger partial charge on any atom is 0.252 e. The first-order valence-corrected chi connectivity index (χ1v) is 8.92. The van der Waals surface area contributed by atoms with Gasteiger partial charge in [-0.05, 0) is 28.1 Å². The van der Waals surface area contributed by atoms with Gasteiger partial charge in [0.05, 0.1) is 0 Å². The second kappa shape index (κ2) is 5.30. The van der Waals surface area contributed by atoms with Crippen LogP contribution in [0.1, 0.15) is 4.88 Å². The van der Waals surface area contributed by atoms with E-state index in [1.54, 1.807) is 12.4 Å². The number of thiophene rings is 2. The van der Waals surface area contributed by atoms with Gasteiger partial charge >= 0.3 is 0 Å². The average molecular weight is 367 g/mol. The second-order valence-electron chi connectivity index (χ2n) is 3.69. The minimum absolute atomic E-state index is 0.276. The molecule has 0 saturated carbocycles. The van der Waals surface area contributed by atoms with Gasteiger partial charge in [-0.15, -0.1) is 22.7 Å². The van der Waals surface area contributed by atoms with Crippen molar-refractivity contribution in [2.75, 3.05) is 12.8 Å². The van der Waals surface area contributed by atoms with E-state index in [4.69, 9.17) is 5.73 Å². The Kier molecular flexibility index (Phi) is 4.12. The van der Waals surface area contributed by atoms with Crippen LogP contribution >= 0.6 is 38.6 Å². The van der Waals surface area contributed by atoms with Crippen LogP contribution in [0.4, 0.5) is 5.69 Å². The first-order valence-electron chi connectivity index (χ1n) is 4.93. The molecule has 0 bridgehead atoms. The number of sulfonamides is 1. The van der Waals surface area contributed by atoms with Crippen LogP contribution in [-0.4, -0.2) is 19.8 Å². The third-order valence-corrected chi connectivity index (χ3v) is 7.18. The fourth-order valence-electron chi connectivity index (χ4n) is 1.36. The summed E-state index contributed by atoms with van der Waals surface area (Å²) in [6.07, 6.45) is 0. The lowest BCUT2D eigenvalue weighted by atomic mass is 10.5. The van der Waals surface area contributed by atoms with Crippen molar-refractivity contribution in [3.8, 4) is 0 Å². The Morgan fingerprint density at radius 2 is 2.06 bits per heavy atom. The molecular formula is C10H11BrN2O2S3. The molecule has 0 aliphatic rings. The van der Waals surface area contributed by atoms with Gasteiger partial charge in [0.25, 0.3) is 10.0 Å². The molecule has 2 heterocycles. The normalized spacial score (nSPS) is 12.2. The third-order valence-electron chi connectivity index (χ3n) is 2.26. The highest BCUT2D eigenvalue weighted by Gasteiger charge is 2.23. The van der Waals surface area contributed by atoms with Crippen molar-refractivity contribution >= 4 is 54.3 Å². The molecule has 8 heteroatoms. The summed E-state index contributed by atoms with van der Waals surface area (Å²) in [4.78, 5) is 0.984. The van der Waals surface area contributed by atoms with Crippen molar-refractivity contribution in [2.24, 2.45) is 0 Å². The molecule has 0 aliphatic carbocycles. The van der Waals surface area contributed by atoms with E-state index in [9.17, 15) is 8.42 Å². The van der Waals surface area contributed by atoms with Crippen LogP contribution in [0.15, 0.2) is 31.6 Å². The minimum Gasteiger partial charge on any atom is -0.398 e. The molecule has 2 aromatic heterocycles. The highest BCUT2D eigenvalue weighted by atomic mass is 79.9. The van der Waals surface area contributed by atoms with Crippen molar-refractivity contribution < 1.29 is 8.42 Å². The first kappa shape index (κ1) is 14.0. The summed E-state index contributed by atoms with van der Waals surface area (Å²) in [6.45, 7) is 0.358. The maximum atomic E-state index is 12.2. The van der Waals surface area contributed by atoms with Gasteiger partial charge in [0.2, 0.25) is 0 Å². The largest absolute Gasteiger partial charge is 0.398 e. The number of hydrogen-bond acceptors (Lipinski definition) is 5. The van der Waals surface area contributed by atoms with Crippen molar-refractivity contribution in [2.45, 2.75) is 10.8 Å². The van der Waals surface area contributed by atoms with Crippen LogP contribution in [0.2, 0.25) is 0 Å². The fourth-order valence-corrected chi connectivity index (χ4v) is 5.38. The van der Waals surface area contributed by atoms with Crippen molar-refractivity contribution in [3.63, 3.8) is 0 Å². The number of hydrogen-bond donors (Lipinski definition) is 1. The lowest BCUT2D eigenvalue weighted by Crippen LogP contribution is -2.25. The quantitative estimate of drug-likeness (QED) is 0.904. The zero-order valence-electron chi connectivity index (χ0n) is 9.46. The van der Waals surface area contributed by atoms with E-state index in [0.717, 1.165) is 20.7 Å². The molecule has 0 amide bonds. The summed E-state index contributed by atoms with van der Waals surface area (Å²) >= 11 is 6.01. The van der Waals surface area contributed by atoms with E-state index in [1.807, 2.05) is 11.4 Å². The van der Waals surface area contributed by atoms with Gasteiger partial charge in [0, 0.05) is 39.4 Å². The Morgan fingerprint density at radius 1 is 1.33 bits per heavy atom. The first-order chi connectivity index (χ1) is 8.39. The molecule has 0 radical (unpaired) electrons. The second-order valence-corrected chi connectivity index (χ2v) is 8.79. The molecule has 2 N–H and O–H groups in total. The Balaban J connectivity index is 2.20. The zero-order chi connectivity index (χ0) is 13.3. The molecule has 0 spiro atoms. The predicted octanol–water partition coefficient (Wildman–Crippen LogP) is 2.98. The van der Waals surface area contributed by atoms with E-state index in [0.29, 0.717) is 12.2 Å². The smallest absolute Gasteiger partial charge is 0.252 e. The Hall–Kier alpha value is -0.410. The van der Waals surface area contributed by atoms with Gasteiger partial charge in [0.15, 0.2) is 0 Å². The van der Waals surface area contributed by atoms with Gasteiger partial charge in [-0.2, -0.15) is 4.31 Å². The average Bonchev–Trinajstić information content (AvgIpc) is 2.88. The van der Waals surface area contributed by atoms with E-state index >= 15 is 0 Å². The standard InChI is InChI=1S/C10H11BrN2O2S3/c1-13(4-9-2-7(11)5-16-9)18(14,15)10-3-8(12)6-17-10/h2-3,5-6H,4,12H2,1H3. The van der Waals surface area contributed by atoms with Gasteiger partial charge < -0.3 is 5.73 Å². The molecule has 18 heavy (non-hydrogen) atoms. The fraction of sp³-hybridized carbons (Fsp3) is 0.200. The van der Waals surface area contributed by atoms with Crippen LogP contribution < -0.4 is 5.73 Å². The summed E-state index contributed by atoms with van der Waals surface area (Å²) in [6, 6.07) is 3.40. The number of nitrogens with two attached hydrogens (primary N) is 1. The molecule has 0 aliphatic heterocycles. The molecule has 0 aromatic carbocycles. The van der Waals surface area contributed by atoms with Crippen molar-refractivity contribution in [1.82, 2.24) is 4.31 Å². The van der Waals surface area contributed by atoms with Crippen LogP contribution in [0, 0.1) is 0 Å². The minimum atomic E-state index is -3.44. The summed E-state index contributed by atoms with van der Waals surface area (Å²) < 4.78 is 27.0. The lowest BCUT2D eigenvalue weighted by Gasteiger charge is -2.14. The van der Waals surface area contributed by atoms with E-state index in [2.05, 4.69) is 15.9 Å². The molecule has 0 atom stereocenters. The van der Waals surface area contributed by atoms with E-state index in [1.165, 1.54) is 21.7 Å². The number of rotatable bonds is 4. The number of halogens is 1. The Bertz CT molecular complexity index is 648. The van der Waals surface area contributed by atoms with Crippen molar-refractivity contribution in [1.29, 1.82) is 0 Å². The van der Waals surface area contributed by atoms with Gasteiger partial charge in [-0.3, -0.25) is 0 Å². The molecule has 2 rings (SSSR count). The highest BCUT2D eigenvalue weighted by Crippen LogP contribution is 2.27. The van der Waals surface area contributed by atoms with Crippen LogP contribution in [0.3, 0.4) is 0 Å². The monoisotopic (exact) mass is 366 g/mol. The topological polar surface area (TPSA) is 63.4 Å². The maximum absolute atomic E-state index is 12.2. The van der Waals surface area contributed by atoms with Crippen LogP contribution in [-0.2, 0) is 16.6 Å². The SMILES string of the molecule is CN(Cc1cc(Br)cs1)S(=O)(=O)c1cc(N)cs1. The van der Waals surface area contributed by atoms with Gasteiger partial charge in [0.1, 0.15) is 4.21 Å². The van der Waals surface area contributed by atoms with E-state index < -0.39 is 10.0 Å². The molecule has 0 saturated heterocycles. The predicted molar refractivity (Wildman–Crippen MR) is 79.4 cm³/mol. The Morgan fingerprint density at radius 3 is 2.56 bits per heavy atom. The number of anilines is 1. The van der Waals surface area contributed by atoms with Crippen LogP contribution in [0.25, 0.3) is 0 Å². The van der Waals surface area contributed by atoms with Crippen LogP contribution in [0.5, 0.6) is 0 Å². The molecule has 98 valence electrons. The summed E-state index contributed by atoms with van der Waals surface area (Å²) in [5.74, 6) is 0. The molecule has 2 aromatic rings. The summed E-state index contributed by atoms with van der Waals surface area (Å²) in [5, 5.41) is 3.56. The number of nitrogens with zero attached hydrogens (tertiary/aromatic N) is 1. The molecule has 0 fully saturated rings. The highest BCUT2D eigenvalue weighted by molar-refractivity contribution is 9.10. The lowest BCUT2D eigenvalue weighted by molar-refractivity contribution is 0.471. The number of nitrogen functional groups attached to an aromatic ring is 1. The van der Waals surface area contributed by atoms with Gasteiger partial charge in [-0.1, -0.05) is 0 Å². The zero-order valence-corrected chi connectivity index (χ0v) is 13.5. The Labute approximate surface area is 122 Å². The van der Waals surface area contributed by atoms with Crippen molar-refractivity contribution in [3.05, 3.63) is 32.2 Å². The summed E-state index contributed by atoms with van der Waals surface area (Å²) in [5.41, 5.74) is 6.03. The summed E-state index contributed by atoms with van der Waals surface area (Å²) in [7, 11) is -1.88. The van der Waals surface area contributed by atoms with E-state index in [-0.39, 0.29) is 4.21 Å². The van der Waals surface area contributed by atoms with Gasteiger partial charge in [-0.25, -0.2) is 8.42 Å². The third kappa shape index (κ3) is 2.94. The molecule has 4 nitrogen and oxygen atoms in total. The molecule has 0 unspecified atom stereocenters.